The maximum atomic E-state index is 13.1. The smallest absolute Gasteiger partial charge is 0.343 e. The summed E-state index contributed by atoms with van der Waals surface area (Å²) in [5, 5.41) is 18.0. The zero-order chi connectivity index (χ0) is 49.4. The number of hydrogen-bond donors (Lipinski definition) is 0. The monoisotopic (exact) mass is 932 g/mol. The van der Waals surface area contributed by atoms with Crippen LogP contribution in [-0.2, 0) is 9.47 Å². The van der Waals surface area contributed by atoms with Crippen molar-refractivity contribution in [3.8, 4) is 57.4 Å². The fourth-order valence-corrected chi connectivity index (χ4v) is 6.74. The van der Waals surface area contributed by atoms with Crippen molar-refractivity contribution < 1.29 is 52.4 Å². The van der Waals surface area contributed by atoms with Crippen LogP contribution in [0.1, 0.15) is 76.8 Å². The average Bonchev–Trinajstić information content (AvgIpc) is 3.41. The van der Waals surface area contributed by atoms with E-state index in [9.17, 15) is 24.0 Å². The van der Waals surface area contributed by atoms with E-state index >= 15 is 0 Å². The average molecular weight is 933 g/mol. The maximum absolute atomic E-state index is 13.1. The third-order valence-electron chi connectivity index (χ3n) is 10.6. The Morgan fingerprint density at radius 3 is 1.09 bits per heavy atom. The second-order valence-corrected chi connectivity index (χ2v) is 16.2. The first kappa shape index (κ1) is 48.6. The van der Waals surface area contributed by atoms with Gasteiger partial charge in [0.1, 0.15) is 29.3 Å². The topological polar surface area (TPSA) is 188 Å². The molecule has 348 valence electrons. The first-order chi connectivity index (χ1) is 34.0. The summed E-state index contributed by atoms with van der Waals surface area (Å²) < 4.78 is 33.8. The minimum absolute atomic E-state index is 0.00399. The summed E-state index contributed by atoms with van der Waals surface area (Å²) in [5.41, 5.74) is 5.53. The summed E-state index contributed by atoms with van der Waals surface area (Å²) in [7, 11) is 0. The minimum Gasteiger partial charge on any atom is -0.493 e. The molecule has 0 spiro atoms. The van der Waals surface area contributed by atoms with Gasteiger partial charge >= 0.3 is 23.9 Å². The Balaban J connectivity index is 0.810. The third-order valence-corrected chi connectivity index (χ3v) is 10.6. The van der Waals surface area contributed by atoms with Crippen LogP contribution >= 0.6 is 0 Å². The molecule has 7 aromatic rings. The number of esters is 4. The quantitative estimate of drug-likeness (QED) is 0.0423. The van der Waals surface area contributed by atoms with E-state index < -0.39 is 23.9 Å². The van der Waals surface area contributed by atoms with Gasteiger partial charge in [-0.3, -0.25) is 4.79 Å². The lowest BCUT2D eigenvalue weighted by atomic mass is 10.0. The highest BCUT2D eigenvalue weighted by Gasteiger charge is 2.19. The molecule has 2 atom stereocenters. The summed E-state index contributed by atoms with van der Waals surface area (Å²) in [6.45, 7) is 3.93. The normalized spacial score (nSPS) is 11.4. The van der Waals surface area contributed by atoms with Crippen LogP contribution in [0.25, 0.3) is 22.3 Å². The number of hydrogen-bond acceptors (Lipinski definition) is 13. The summed E-state index contributed by atoms with van der Waals surface area (Å²) in [6, 6.07) is 49.4. The Bertz CT molecular complexity index is 2840. The predicted octanol–water partition coefficient (Wildman–Crippen LogP) is 10.8. The van der Waals surface area contributed by atoms with Crippen molar-refractivity contribution in [3.05, 3.63) is 203 Å². The summed E-state index contributed by atoms with van der Waals surface area (Å²) >= 11 is 0. The van der Waals surface area contributed by atoms with Gasteiger partial charge in [0.05, 0.1) is 71.9 Å². The number of benzene rings is 7. The molecule has 0 N–H and O–H groups in total. The van der Waals surface area contributed by atoms with Crippen molar-refractivity contribution in [1.29, 1.82) is 10.5 Å². The molecule has 0 heterocycles. The Kier molecular flexibility index (Phi) is 16.3. The van der Waals surface area contributed by atoms with Gasteiger partial charge in [-0.05, 0) is 138 Å². The third kappa shape index (κ3) is 13.4. The van der Waals surface area contributed by atoms with Gasteiger partial charge in [-0.15, -0.1) is 0 Å². The van der Waals surface area contributed by atoms with Gasteiger partial charge in [0, 0.05) is 17.4 Å². The van der Waals surface area contributed by atoms with Crippen LogP contribution in [0.5, 0.6) is 23.0 Å². The number of nitrogens with zero attached hydrogens (tertiary/aromatic N) is 2. The Labute approximate surface area is 404 Å². The molecule has 13 heteroatoms. The minimum atomic E-state index is -0.743. The second kappa shape index (κ2) is 23.4. The number of carbonyl (C=O) groups excluding carboxylic acids is 5. The van der Waals surface area contributed by atoms with Crippen LogP contribution in [0, 0.1) is 34.5 Å². The summed E-state index contributed by atoms with van der Waals surface area (Å²) in [5.74, 6) is -1.36. The zero-order valence-corrected chi connectivity index (χ0v) is 38.0. The Hall–Kier alpha value is -9.33. The van der Waals surface area contributed by atoms with Gasteiger partial charge in [0.15, 0.2) is 0 Å². The van der Waals surface area contributed by atoms with E-state index in [1.165, 1.54) is 18.2 Å². The van der Waals surface area contributed by atoms with Crippen molar-refractivity contribution in [2.75, 3.05) is 26.4 Å². The van der Waals surface area contributed by atoms with Crippen LogP contribution in [0.3, 0.4) is 0 Å². The second-order valence-electron chi connectivity index (χ2n) is 16.2. The van der Waals surface area contributed by atoms with Gasteiger partial charge in [-0.2, -0.15) is 10.5 Å². The van der Waals surface area contributed by atoms with Crippen LogP contribution in [0.2, 0.25) is 0 Å². The fraction of sp³-hybridized carbons (Fsp3) is 0.140. The van der Waals surface area contributed by atoms with Crippen LogP contribution in [0.15, 0.2) is 164 Å². The van der Waals surface area contributed by atoms with Crippen molar-refractivity contribution in [3.63, 3.8) is 0 Å². The molecule has 0 aliphatic heterocycles. The number of aldehydes is 1. The lowest BCUT2D eigenvalue weighted by Crippen LogP contribution is -2.19. The number of nitriles is 2. The maximum Gasteiger partial charge on any atom is 0.343 e. The van der Waals surface area contributed by atoms with Gasteiger partial charge < -0.3 is 28.4 Å². The van der Waals surface area contributed by atoms with Gasteiger partial charge in [-0.1, -0.05) is 62.4 Å². The predicted molar refractivity (Wildman–Crippen MR) is 258 cm³/mol. The highest BCUT2D eigenvalue weighted by molar-refractivity contribution is 5.98. The lowest BCUT2D eigenvalue weighted by Gasteiger charge is -2.15. The molecule has 70 heavy (non-hydrogen) atoms. The molecule has 7 aromatic carbocycles. The van der Waals surface area contributed by atoms with Crippen molar-refractivity contribution >= 4 is 30.2 Å². The van der Waals surface area contributed by atoms with E-state index in [0.29, 0.717) is 51.5 Å². The zero-order valence-electron chi connectivity index (χ0n) is 38.0. The molecule has 0 aliphatic carbocycles. The van der Waals surface area contributed by atoms with Crippen LogP contribution in [0.4, 0.5) is 0 Å². The highest BCUT2D eigenvalue weighted by Crippen LogP contribution is 2.26. The molecule has 13 nitrogen and oxygen atoms in total. The van der Waals surface area contributed by atoms with E-state index in [1.807, 2.05) is 62.4 Å². The molecule has 7 rings (SSSR count). The molecule has 0 saturated carbocycles. The van der Waals surface area contributed by atoms with Gasteiger partial charge in [0.2, 0.25) is 0 Å². The molecule has 0 aliphatic rings. The fourth-order valence-electron chi connectivity index (χ4n) is 6.74. The molecule has 0 aromatic heterocycles. The van der Waals surface area contributed by atoms with E-state index in [0.717, 1.165) is 22.3 Å². The van der Waals surface area contributed by atoms with Crippen LogP contribution in [-0.4, -0.2) is 56.6 Å². The van der Waals surface area contributed by atoms with Crippen molar-refractivity contribution in [2.45, 2.75) is 13.8 Å². The molecule has 0 bridgehead atoms. The molecule has 0 fully saturated rings. The van der Waals surface area contributed by atoms with Crippen LogP contribution < -0.4 is 18.9 Å². The standard InChI is InChI=1S/C57H44N2O11/c1-37(33-65-50-19-15-46(16-20-50)56(63)69-52-23-11-44(12-24-52)42-7-3-39(30-58)4-8-42)35-67-54(61)48-27-41(32-60)28-49(29-48)55(62)68-36-38(2)34-66-51-21-17-47(18-22-51)57(64)70-53-25-13-45(14-26-53)43-9-5-40(31-59)6-10-43/h3-29,32,37-38H,33-36H2,1-2H3. The van der Waals surface area contributed by atoms with E-state index in [4.69, 9.17) is 38.9 Å². The number of carbonyl (C=O) groups is 5. The number of rotatable bonds is 19. The van der Waals surface area contributed by atoms with Crippen molar-refractivity contribution in [2.24, 2.45) is 11.8 Å². The Morgan fingerprint density at radius 1 is 0.429 bits per heavy atom. The van der Waals surface area contributed by atoms with E-state index in [2.05, 4.69) is 12.1 Å². The molecule has 2 unspecified atom stereocenters. The SMILES string of the molecule is CC(COC(=O)c1cc(C=O)cc(C(=O)OCC(C)COc2ccc(C(=O)Oc3ccc(-c4ccc(C#N)cc4)cc3)cc2)c1)COc1ccc(C(=O)Oc2ccc(-c3ccc(C#N)cc3)cc2)cc1. The van der Waals surface area contributed by atoms with Crippen molar-refractivity contribution in [1.82, 2.24) is 0 Å². The lowest BCUT2D eigenvalue weighted by molar-refractivity contribution is 0.0412. The number of ether oxygens (including phenoxy) is 6. The summed E-state index contributed by atoms with van der Waals surface area (Å²) in [6.07, 6.45) is 0.518. The molecule has 0 radical (unpaired) electrons. The first-order valence-corrected chi connectivity index (χ1v) is 22.0. The largest absolute Gasteiger partial charge is 0.493 e. The van der Waals surface area contributed by atoms with Gasteiger partial charge in [-0.25, -0.2) is 19.2 Å². The highest BCUT2D eigenvalue weighted by atomic mass is 16.5. The molecular weight excluding hydrogens is 889 g/mol. The van der Waals surface area contributed by atoms with E-state index in [1.54, 1.807) is 97.1 Å². The molecular formula is C57H44N2O11. The summed E-state index contributed by atoms with van der Waals surface area (Å²) in [4.78, 5) is 63.5. The van der Waals surface area contributed by atoms with E-state index in [-0.39, 0.29) is 55.0 Å². The van der Waals surface area contributed by atoms with Gasteiger partial charge in [0.25, 0.3) is 0 Å². The molecule has 0 saturated heterocycles. The Morgan fingerprint density at radius 2 is 0.757 bits per heavy atom. The first-order valence-electron chi connectivity index (χ1n) is 22.0. The molecule has 0 amide bonds.